The molecule has 0 saturated carbocycles. The molecule has 1 unspecified atom stereocenters. The Hall–Kier alpha value is -2.53. The van der Waals surface area contributed by atoms with Gasteiger partial charge in [-0.1, -0.05) is 31.2 Å². The van der Waals surface area contributed by atoms with Gasteiger partial charge in [0, 0.05) is 17.7 Å². The topological polar surface area (TPSA) is 59.6 Å². The number of benzene rings is 2. The molecular formula is C23H30N2O3. The largest absolute Gasteiger partial charge is 0.493 e. The fourth-order valence-corrected chi connectivity index (χ4v) is 3.52. The van der Waals surface area contributed by atoms with Crippen molar-refractivity contribution < 1.29 is 14.3 Å². The smallest absolute Gasteiger partial charge is 0.251 e. The van der Waals surface area contributed by atoms with Gasteiger partial charge in [-0.05, 0) is 62.0 Å². The second-order valence-corrected chi connectivity index (χ2v) is 7.24. The Morgan fingerprint density at radius 2 is 2.04 bits per heavy atom. The lowest BCUT2D eigenvalue weighted by Crippen LogP contribution is -2.23. The Morgan fingerprint density at radius 1 is 1.21 bits per heavy atom. The van der Waals surface area contributed by atoms with E-state index in [0.717, 1.165) is 31.5 Å². The van der Waals surface area contributed by atoms with E-state index in [1.807, 2.05) is 30.3 Å². The van der Waals surface area contributed by atoms with Gasteiger partial charge in [0.05, 0.1) is 13.7 Å². The van der Waals surface area contributed by atoms with Crippen LogP contribution in [0.5, 0.6) is 11.5 Å². The zero-order valence-electron chi connectivity index (χ0n) is 16.8. The van der Waals surface area contributed by atoms with E-state index in [0.29, 0.717) is 36.1 Å². The van der Waals surface area contributed by atoms with E-state index in [1.54, 1.807) is 7.11 Å². The van der Waals surface area contributed by atoms with Gasteiger partial charge in [-0.3, -0.25) is 4.79 Å². The van der Waals surface area contributed by atoms with Crippen molar-refractivity contribution in [3.63, 3.8) is 0 Å². The summed E-state index contributed by atoms with van der Waals surface area (Å²) in [4.78, 5) is 12.6. The Morgan fingerprint density at radius 3 is 2.71 bits per heavy atom. The SMILES string of the molecule is CCCOc1c(CNC(=O)c2ccc(CC3CCNC3)cc2)cccc1OC. The Labute approximate surface area is 167 Å². The van der Waals surface area contributed by atoms with E-state index in [2.05, 4.69) is 29.7 Å². The number of nitrogens with one attached hydrogen (secondary N) is 2. The molecule has 2 aromatic rings. The summed E-state index contributed by atoms with van der Waals surface area (Å²) in [6.07, 6.45) is 3.20. The molecule has 28 heavy (non-hydrogen) atoms. The van der Waals surface area contributed by atoms with E-state index in [-0.39, 0.29) is 5.91 Å². The maximum atomic E-state index is 12.6. The third kappa shape index (κ3) is 5.26. The zero-order chi connectivity index (χ0) is 19.8. The maximum absolute atomic E-state index is 12.6. The summed E-state index contributed by atoms with van der Waals surface area (Å²) in [6.45, 7) is 5.26. The first kappa shape index (κ1) is 20.2. The molecule has 1 fully saturated rings. The molecule has 1 heterocycles. The van der Waals surface area contributed by atoms with Crippen LogP contribution in [0.25, 0.3) is 0 Å². The number of rotatable bonds is 9. The third-order valence-electron chi connectivity index (χ3n) is 5.07. The van der Waals surface area contributed by atoms with E-state index >= 15 is 0 Å². The summed E-state index contributed by atoms with van der Waals surface area (Å²) in [6, 6.07) is 13.7. The van der Waals surface area contributed by atoms with Crippen molar-refractivity contribution in [3.05, 3.63) is 59.2 Å². The average molecular weight is 383 g/mol. The van der Waals surface area contributed by atoms with Crippen LogP contribution >= 0.6 is 0 Å². The minimum absolute atomic E-state index is 0.0849. The summed E-state index contributed by atoms with van der Waals surface area (Å²) in [7, 11) is 1.62. The van der Waals surface area contributed by atoms with Crippen LogP contribution in [0.2, 0.25) is 0 Å². The van der Waals surface area contributed by atoms with E-state index in [1.165, 1.54) is 12.0 Å². The lowest BCUT2D eigenvalue weighted by molar-refractivity contribution is 0.0950. The van der Waals surface area contributed by atoms with Gasteiger partial charge < -0.3 is 20.1 Å². The lowest BCUT2D eigenvalue weighted by Gasteiger charge is -2.15. The predicted octanol–water partition coefficient (Wildman–Crippen LogP) is 3.57. The fourth-order valence-electron chi connectivity index (χ4n) is 3.52. The Balaban J connectivity index is 1.60. The number of hydrogen-bond donors (Lipinski definition) is 2. The molecule has 1 amide bonds. The molecule has 0 aromatic heterocycles. The molecule has 5 heteroatoms. The predicted molar refractivity (Wildman–Crippen MR) is 111 cm³/mol. The van der Waals surface area contributed by atoms with Crippen LogP contribution in [0.4, 0.5) is 0 Å². The Bertz CT molecular complexity index is 768. The van der Waals surface area contributed by atoms with Crippen LogP contribution in [0.1, 0.15) is 41.3 Å². The summed E-state index contributed by atoms with van der Waals surface area (Å²) in [5.41, 5.74) is 2.87. The van der Waals surface area contributed by atoms with Crippen LogP contribution < -0.4 is 20.1 Å². The number of amides is 1. The average Bonchev–Trinajstić information content (AvgIpc) is 3.24. The van der Waals surface area contributed by atoms with Gasteiger partial charge in [-0.2, -0.15) is 0 Å². The van der Waals surface area contributed by atoms with E-state index in [4.69, 9.17) is 9.47 Å². The minimum Gasteiger partial charge on any atom is -0.493 e. The number of ether oxygens (including phenoxy) is 2. The maximum Gasteiger partial charge on any atom is 0.251 e. The summed E-state index contributed by atoms with van der Waals surface area (Å²) in [5.74, 6) is 2.01. The number of carbonyl (C=O) groups excluding carboxylic acids is 1. The lowest BCUT2D eigenvalue weighted by atomic mass is 9.98. The molecular weight excluding hydrogens is 352 g/mol. The van der Waals surface area contributed by atoms with Gasteiger partial charge in [0.15, 0.2) is 11.5 Å². The van der Waals surface area contributed by atoms with Gasteiger partial charge in [-0.25, -0.2) is 0 Å². The molecule has 1 atom stereocenters. The summed E-state index contributed by atoms with van der Waals surface area (Å²) < 4.78 is 11.2. The monoisotopic (exact) mass is 382 g/mol. The Kier molecular flexibility index (Phi) is 7.31. The molecule has 3 rings (SSSR count). The van der Waals surface area contributed by atoms with Crippen molar-refractivity contribution in [2.24, 2.45) is 5.92 Å². The van der Waals surface area contributed by atoms with Crippen LogP contribution in [0, 0.1) is 5.92 Å². The molecule has 0 aliphatic carbocycles. The highest BCUT2D eigenvalue weighted by Gasteiger charge is 2.15. The number of carbonyl (C=O) groups is 1. The zero-order valence-corrected chi connectivity index (χ0v) is 16.8. The molecule has 1 saturated heterocycles. The van der Waals surface area contributed by atoms with Gasteiger partial charge in [-0.15, -0.1) is 0 Å². The minimum atomic E-state index is -0.0849. The summed E-state index contributed by atoms with van der Waals surface area (Å²) >= 11 is 0. The molecule has 2 aromatic carbocycles. The quantitative estimate of drug-likeness (QED) is 0.696. The fraction of sp³-hybridized carbons (Fsp3) is 0.435. The van der Waals surface area contributed by atoms with Crippen LogP contribution in [-0.4, -0.2) is 32.7 Å². The number of hydrogen-bond acceptors (Lipinski definition) is 4. The molecule has 1 aliphatic rings. The molecule has 0 spiro atoms. The highest BCUT2D eigenvalue weighted by molar-refractivity contribution is 5.94. The second kappa shape index (κ2) is 10.1. The molecule has 0 radical (unpaired) electrons. The molecule has 5 nitrogen and oxygen atoms in total. The van der Waals surface area contributed by atoms with Crippen molar-refractivity contribution in [1.82, 2.24) is 10.6 Å². The van der Waals surface area contributed by atoms with Gasteiger partial charge in [0.2, 0.25) is 0 Å². The van der Waals surface area contributed by atoms with Gasteiger partial charge >= 0.3 is 0 Å². The highest BCUT2D eigenvalue weighted by atomic mass is 16.5. The molecule has 1 aliphatic heterocycles. The molecule has 2 N–H and O–H groups in total. The van der Waals surface area contributed by atoms with Crippen molar-refractivity contribution in [2.75, 3.05) is 26.8 Å². The molecule has 150 valence electrons. The van der Waals surface area contributed by atoms with E-state index in [9.17, 15) is 4.79 Å². The standard InChI is InChI=1S/C23H30N2O3/c1-3-13-28-22-20(5-4-6-21(22)27-2)16-25-23(26)19-9-7-17(8-10-19)14-18-11-12-24-15-18/h4-10,18,24H,3,11-16H2,1-2H3,(H,25,26). The first-order valence-electron chi connectivity index (χ1n) is 10.1. The van der Waals surface area contributed by atoms with Crippen molar-refractivity contribution in [2.45, 2.75) is 32.7 Å². The van der Waals surface area contributed by atoms with Crippen LogP contribution in [-0.2, 0) is 13.0 Å². The van der Waals surface area contributed by atoms with Crippen molar-refractivity contribution in [3.8, 4) is 11.5 Å². The third-order valence-corrected chi connectivity index (χ3v) is 5.07. The van der Waals surface area contributed by atoms with Gasteiger partial charge in [0.1, 0.15) is 0 Å². The highest BCUT2D eigenvalue weighted by Crippen LogP contribution is 2.31. The van der Waals surface area contributed by atoms with Crippen LogP contribution in [0.15, 0.2) is 42.5 Å². The molecule has 0 bridgehead atoms. The van der Waals surface area contributed by atoms with E-state index < -0.39 is 0 Å². The van der Waals surface area contributed by atoms with Gasteiger partial charge in [0.25, 0.3) is 5.91 Å². The van der Waals surface area contributed by atoms with Crippen molar-refractivity contribution in [1.29, 1.82) is 0 Å². The first-order chi connectivity index (χ1) is 13.7. The second-order valence-electron chi connectivity index (χ2n) is 7.24. The number of methoxy groups -OCH3 is 1. The van der Waals surface area contributed by atoms with Crippen molar-refractivity contribution >= 4 is 5.91 Å². The number of para-hydroxylation sites is 1. The normalized spacial score (nSPS) is 16.0. The first-order valence-corrected chi connectivity index (χ1v) is 10.1. The summed E-state index contributed by atoms with van der Waals surface area (Å²) in [5, 5.41) is 6.39. The van der Waals surface area contributed by atoms with Crippen LogP contribution in [0.3, 0.4) is 0 Å².